The maximum absolute atomic E-state index is 12.3. The summed E-state index contributed by atoms with van der Waals surface area (Å²) in [6, 6.07) is 10.9. The van der Waals surface area contributed by atoms with E-state index in [9.17, 15) is 13.2 Å². The van der Waals surface area contributed by atoms with E-state index in [1.165, 1.54) is 19.1 Å². The Bertz CT molecular complexity index is 849. The first-order valence-corrected chi connectivity index (χ1v) is 9.63. The van der Waals surface area contributed by atoms with Crippen LogP contribution in [0.3, 0.4) is 0 Å². The largest absolute Gasteiger partial charge is 0.324 e. The molecule has 24 heavy (non-hydrogen) atoms. The molecule has 0 spiro atoms. The van der Waals surface area contributed by atoms with Crippen LogP contribution in [0.5, 0.6) is 0 Å². The molecule has 0 bridgehead atoms. The smallest absolute Gasteiger partial charge is 0.242 e. The van der Waals surface area contributed by atoms with Gasteiger partial charge in [-0.3, -0.25) is 4.79 Å². The van der Waals surface area contributed by atoms with Gasteiger partial charge in [-0.05, 0) is 62.2 Å². The van der Waals surface area contributed by atoms with Gasteiger partial charge in [0.1, 0.15) is 0 Å². The van der Waals surface area contributed by atoms with Gasteiger partial charge in [-0.25, -0.2) is 8.42 Å². The van der Waals surface area contributed by atoms with Gasteiger partial charge in [0.15, 0.2) is 0 Å². The lowest BCUT2D eigenvalue weighted by Crippen LogP contribution is -2.41. The van der Waals surface area contributed by atoms with Crippen LogP contribution in [0.15, 0.2) is 51.8 Å². The highest BCUT2D eigenvalue weighted by molar-refractivity contribution is 9.10. The fourth-order valence-corrected chi connectivity index (χ4v) is 3.56. The fraction of sp³-hybridized carbons (Fsp3) is 0.235. The van der Waals surface area contributed by atoms with Crippen molar-refractivity contribution in [1.29, 1.82) is 0 Å². The summed E-state index contributed by atoms with van der Waals surface area (Å²) in [5, 5.41) is 2.76. The number of rotatable bonds is 5. The second-order valence-corrected chi connectivity index (χ2v) is 8.16. The predicted molar refractivity (Wildman–Crippen MR) is 98.5 cm³/mol. The normalized spacial score (nSPS) is 12.7. The molecule has 2 N–H and O–H groups in total. The minimum absolute atomic E-state index is 0.108. The molecular weight excluding hydrogens is 392 g/mol. The molecule has 128 valence electrons. The van der Waals surface area contributed by atoms with Crippen molar-refractivity contribution in [3.05, 3.63) is 58.1 Å². The minimum Gasteiger partial charge on any atom is -0.324 e. The molecule has 0 radical (unpaired) electrons. The maximum Gasteiger partial charge on any atom is 0.242 e. The molecule has 0 fully saturated rings. The van der Waals surface area contributed by atoms with Gasteiger partial charge in [0.05, 0.1) is 10.9 Å². The van der Waals surface area contributed by atoms with Gasteiger partial charge in [0.25, 0.3) is 0 Å². The molecule has 0 aliphatic rings. The van der Waals surface area contributed by atoms with Crippen LogP contribution in [-0.2, 0) is 14.8 Å². The van der Waals surface area contributed by atoms with E-state index in [4.69, 9.17) is 0 Å². The zero-order chi connectivity index (χ0) is 17.9. The molecule has 0 heterocycles. The molecule has 0 unspecified atom stereocenters. The Morgan fingerprint density at radius 3 is 2.33 bits per heavy atom. The van der Waals surface area contributed by atoms with Crippen molar-refractivity contribution >= 4 is 37.5 Å². The fourth-order valence-electron chi connectivity index (χ4n) is 2.10. The quantitative estimate of drug-likeness (QED) is 0.792. The van der Waals surface area contributed by atoms with Gasteiger partial charge >= 0.3 is 0 Å². The molecule has 1 amide bonds. The van der Waals surface area contributed by atoms with Crippen LogP contribution < -0.4 is 10.0 Å². The number of hydrogen-bond acceptors (Lipinski definition) is 3. The molecule has 0 aliphatic carbocycles. The van der Waals surface area contributed by atoms with Gasteiger partial charge < -0.3 is 5.32 Å². The lowest BCUT2D eigenvalue weighted by atomic mass is 10.1. The van der Waals surface area contributed by atoms with Crippen LogP contribution >= 0.6 is 15.9 Å². The molecule has 5 nitrogen and oxygen atoms in total. The zero-order valence-electron chi connectivity index (χ0n) is 13.6. The van der Waals surface area contributed by atoms with Crippen molar-refractivity contribution in [3.63, 3.8) is 0 Å². The van der Waals surface area contributed by atoms with Crippen molar-refractivity contribution in [2.75, 3.05) is 5.32 Å². The third kappa shape index (κ3) is 4.43. The Balaban J connectivity index is 2.11. The summed E-state index contributed by atoms with van der Waals surface area (Å²) in [5.74, 6) is -0.413. The first-order chi connectivity index (χ1) is 11.2. The first-order valence-electron chi connectivity index (χ1n) is 7.35. The minimum atomic E-state index is -3.76. The Kier molecular flexibility index (Phi) is 5.79. The second kappa shape index (κ2) is 7.46. The third-order valence-corrected chi connectivity index (χ3v) is 5.80. The van der Waals surface area contributed by atoms with Gasteiger partial charge in [0.2, 0.25) is 15.9 Å². The number of benzene rings is 2. The summed E-state index contributed by atoms with van der Waals surface area (Å²) in [4.78, 5) is 12.4. The zero-order valence-corrected chi connectivity index (χ0v) is 16.0. The van der Waals surface area contributed by atoms with E-state index in [1.54, 1.807) is 18.2 Å². The van der Waals surface area contributed by atoms with Crippen molar-refractivity contribution in [1.82, 2.24) is 4.72 Å². The highest BCUT2D eigenvalue weighted by Crippen LogP contribution is 2.19. The molecule has 0 saturated heterocycles. The molecule has 7 heteroatoms. The molecule has 1 atom stereocenters. The van der Waals surface area contributed by atoms with E-state index >= 15 is 0 Å². The summed E-state index contributed by atoms with van der Waals surface area (Å²) < 4.78 is 27.8. The first kappa shape index (κ1) is 18.6. The van der Waals surface area contributed by atoms with Crippen LogP contribution in [0.2, 0.25) is 0 Å². The third-order valence-electron chi connectivity index (χ3n) is 3.71. The van der Waals surface area contributed by atoms with E-state index in [1.807, 2.05) is 26.0 Å². The highest BCUT2D eigenvalue weighted by atomic mass is 79.9. The van der Waals surface area contributed by atoms with E-state index in [-0.39, 0.29) is 4.90 Å². The number of aryl methyl sites for hydroxylation is 1. The lowest BCUT2D eigenvalue weighted by molar-refractivity contribution is -0.117. The summed E-state index contributed by atoms with van der Waals surface area (Å²) in [5.41, 5.74) is 2.68. The lowest BCUT2D eigenvalue weighted by Gasteiger charge is -2.16. The molecule has 0 aromatic heterocycles. The van der Waals surface area contributed by atoms with E-state index in [2.05, 4.69) is 26.0 Å². The number of sulfonamides is 1. The number of anilines is 1. The maximum atomic E-state index is 12.3. The topological polar surface area (TPSA) is 75.3 Å². The van der Waals surface area contributed by atoms with Crippen LogP contribution in [0, 0.1) is 13.8 Å². The average molecular weight is 411 g/mol. The molecular formula is C17H19BrN2O3S. The van der Waals surface area contributed by atoms with Crippen LogP contribution in [0.25, 0.3) is 0 Å². The summed E-state index contributed by atoms with van der Waals surface area (Å²) in [7, 11) is -3.76. The summed E-state index contributed by atoms with van der Waals surface area (Å²) >= 11 is 3.26. The van der Waals surface area contributed by atoms with Crippen molar-refractivity contribution in [2.45, 2.75) is 31.7 Å². The van der Waals surface area contributed by atoms with Crippen molar-refractivity contribution < 1.29 is 13.2 Å². The molecule has 2 aromatic rings. The van der Waals surface area contributed by atoms with E-state index in [0.29, 0.717) is 5.69 Å². The summed E-state index contributed by atoms with van der Waals surface area (Å²) in [6.45, 7) is 5.36. The van der Waals surface area contributed by atoms with Crippen LogP contribution in [0.4, 0.5) is 5.69 Å². The Hall–Kier alpha value is -1.70. The van der Waals surface area contributed by atoms with E-state index in [0.717, 1.165) is 15.6 Å². The SMILES string of the molecule is Cc1cccc(NC(=O)[C@@H](C)NS(=O)(=O)c2ccc(Br)cc2)c1C. The Morgan fingerprint density at radius 1 is 1.08 bits per heavy atom. The highest BCUT2D eigenvalue weighted by Gasteiger charge is 2.22. The second-order valence-electron chi connectivity index (χ2n) is 5.53. The number of halogens is 1. The number of carbonyl (C=O) groups excluding carboxylic acids is 1. The van der Waals surface area contributed by atoms with Crippen molar-refractivity contribution in [2.24, 2.45) is 0 Å². The Morgan fingerprint density at radius 2 is 1.71 bits per heavy atom. The Labute approximate surface area is 150 Å². The van der Waals surface area contributed by atoms with Gasteiger partial charge in [-0.1, -0.05) is 28.1 Å². The average Bonchev–Trinajstić information content (AvgIpc) is 2.51. The predicted octanol–water partition coefficient (Wildman–Crippen LogP) is 3.37. The van der Waals surface area contributed by atoms with Gasteiger partial charge in [-0.15, -0.1) is 0 Å². The number of amides is 1. The van der Waals surface area contributed by atoms with Crippen molar-refractivity contribution in [3.8, 4) is 0 Å². The monoisotopic (exact) mass is 410 g/mol. The number of nitrogens with one attached hydrogen (secondary N) is 2. The van der Waals surface area contributed by atoms with Gasteiger partial charge in [0, 0.05) is 10.2 Å². The molecule has 0 aliphatic heterocycles. The summed E-state index contributed by atoms with van der Waals surface area (Å²) in [6.07, 6.45) is 0. The van der Waals surface area contributed by atoms with E-state index < -0.39 is 22.0 Å². The number of hydrogen-bond donors (Lipinski definition) is 2. The molecule has 0 saturated carbocycles. The molecule has 2 rings (SSSR count). The van der Waals surface area contributed by atoms with Crippen LogP contribution in [-0.4, -0.2) is 20.4 Å². The number of carbonyl (C=O) groups is 1. The standard InChI is InChI=1S/C17H19BrN2O3S/c1-11-5-4-6-16(12(11)2)19-17(21)13(3)20-24(22,23)15-9-7-14(18)8-10-15/h4-10,13,20H,1-3H3,(H,19,21)/t13-/m1/s1. The molecule has 2 aromatic carbocycles. The van der Waals surface area contributed by atoms with Gasteiger partial charge in [-0.2, -0.15) is 4.72 Å². The van der Waals surface area contributed by atoms with Crippen LogP contribution in [0.1, 0.15) is 18.1 Å².